The Hall–Kier alpha value is 1.00. The smallest absolute Gasteiger partial charge is 0.352 e. The third-order valence-electron chi connectivity index (χ3n) is 1.04. The van der Waals surface area contributed by atoms with Crippen LogP contribution in [0.1, 0.15) is 0 Å². The number of ether oxygens (including phenoxy) is 1. The quantitative estimate of drug-likeness (QED) is 0.444. The van der Waals surface area contributed by atoms with E-state index in [1.165, 1.54) is 7.11 Å². The monoisotopic (exact) mass is 301 g/mol. The van der Waals surface area contributed by atoms with E-state index in [4.69, 9.17) is 39.3 Å². The third-order valence-corrected chi connectivity index (χ3v) is 3.29. The van der Waals surface area contributed by atoms with Crippen LogP contribution in [0, 0.1) is 0 Å². The first-order valence-corrected chi connectivity index (χ1v) is 6.07. The molecule has 0 fully saturated rings. The molecule has 0 amide bonds. The SMILES string of the molecule is COC(OP(=O)(N=S)OC)C(Cl)(Cl)Cl. The first-order valence-electron chi connectivity index (χ1n) is 3.07. The summed E-state index contributed by atoms with van der Waals surface area (Å²) in [4.78, 5) is 0. The summed E-state index contributed by atoms with van der Waals surface area (Å²) in [5.74, 6) is 0. The van der Waals surface area contributed by atoms with Gasteiger partial charge in [0.15, 0.2) is 0 Å². The number of hydrogen-bond acceptors (Lipinski definition) is 5. The molecule has 0 aliphatic rings. The maximum Gasteiger partial charge on any atom is 0.467 e. The van der Waals surface area contributed by atoms with Gasteiger partial charge < -0.3 is 4.74 Å². The van der Waals surface area contributed by atoms with Gasteiger partial charge in [-0.05, 0) is 0 Å². The van der Waals surface area contributed by atoms with Crippen molar-refractivity contribution >= 4 is 55.0 Å². The van der Waals surface area contributed by atoms with Crippen molar-refractivity contribution in [1.82, 2.24) is 0 Å². The van der Waals surface area contributed by atoms with Gasteiger partial charge in [-0.25, -0.2) is 4.57 Å². The minimum Gasteiger partial charge on any atom is -0.352 e. The summed E-state index contributed by atoms with van der Waals surface area (Å²) in [7, 11) is -1.49. The molecule has 0 aliphatic carbocycles. The second-order valence-corrected chi connectivity index (χ2v) is 6.48. The van der Waals surface area contributed by atoms with Crippen LogP contribution in [0.2, 0.25) is 0 Å². The lowest BCUT2D eigenvalue weighted by Gasteiger charge is -2.24. The van der Waals surface area contributed by atoms with E-state index in [-0.39, 0.29) is 0 Å². The number of rotatable bonds is 5. The Labute approximate surface area is 102 Å². The molecule has 5 nitrogen and oxygen atoms in total. The maximum absolute atomic E-state index is 11.4. The molecule has 10 heteroatoms. The van der Waals surface area contributed by atoms with Gasteiger partial charge in [0, 0.05) is 26.6 Å². The molecule has 0 radical (unpaired) electrons. The van der Waals surface area contributed by atoms with E-state index in [9.17, 15) is 4.57 Å². The first kappa shape index (κ1) is 15.0. The molecular formula is C4H7Cl3NO4PS. The van der Waals surface area contributed by atoms with Crippen LogP contribution in [0.3, 0.4) is 0 Å². The standard InChI is InChI=1S/C4H7Cl3NO4PS/c1-10-3(4(5,6)7)12-13(9,8-14)11-2/h3H,1-2H3. The minimum absolute atomic E-state index is 1.10. The van der Waals surface area contributed by atoms with Gasteiger partial charge in [0.2, 0.25) is 10.1 Å². The molecule has 0 aliphatic heterocycles. The zero-order valence-corrected chi connectivity index (χ0v) is 11.1. The van der Waals surface area contributed by atoms with Crippen LogP contribution in [0.4, 0.5) is 0 Å². The fraction of sp³-hybridized carbons (Fsp3) is 1.00. The molecule has 2 atom stereocenters. The predicted molar refractivity (Wildman–Crippen MR) is 56.6 cm³/mol. The molecule has 0 spiro atoms. The fourth-order valence-corrected chi connectivity index (χ4v) is 2.03. The molecular weight excluding hydrogens is 295 g/mol. The van der Waals surface area contributed by atoms with E-state index < -0.39 is 17.8 Å². The van der Waals surface area contributed by atoms with Crippen LogP contribution in [-0.4, -0.2) is 24.3 Å². The van der Waals surface area contributed by atoms with E-state index in [0.29, 0.717) is 0 Å². The average Bonchev–Trinajstić information content (AvgIpc) is 2.12. The topological polar surface area (TPSA) is 57.1 Å². The molecule has 84 valence electrons. The van der Waals surface area contributed by atoms with Crippen LogP contribution < -0.4 is 0 Å². The summed E-state index contributed by atoms with van der Waals surface area (Å²) < 4.78 is 26.2. The van der Waals surface area contributed by atoms with Gasteiger partial charge >= 0.3 is 7.75 Å². The van der Waals surface area contributed by atoms with E-state index in [1.807, 2.05) is 0 Å². The third kappa shape index (κ3) is 4.68. The van der Waals surface area contributed by atoms with Crippen molar-refractivity contribution in [2.75, 3.05) is 14.2 Å². The number of alkyl halides is 3. The molecule has 0 saturated heterocycles. The van der Waals surface area contributed by atoms with Crippen molar-refractivity contribution in [2.24, 2.45) is 4.13 Å². The van der Waals surface area contributed by atoms with Crippen molar-refractivity contribution in [3.63, 3.8) is 0 Å². The number of nitrogens with zero attached hydrogens (tertiary/aromatic N) is 1. The molecule has 0 aromatic heterocycles. The van der Waals surface area contributed by atoms with Crippen molar-refractivity contribution in [2.45, 2.75) is 10.1 Å². The van der Waals surface area contributed by atoms with E-state index in [1.54, 1.807) is 0 Å². The highest BCUT2D eigenvalue weighted by atomic mass is 35.6. The second-order valence-electron chi connectivity index (χ2n) is 1.95. The predicted octanol–water partition coefficient (Wildman–Crippen LogP) is 2.83. The highest BCUT2D eigenvalue weighted by Gasteiger charge is 2.40. The van der Waals surface area contributed by atoms with Crippen molar-refractivity contribution < 1.29 is 18.3 Å². The molecule has 0 heterocycles. The Morgan fingerprint density at radius 2 is 1.93 bits per heavy atom. The largest absolute Gasteiger partial charge is 0.467 e. The molecule has 0 N–H and O–H groups in total. The van der Waals surface area contributed by atoms with Gasteiger partial charge in [0.05, 0.1) is 0 Å². The lowest BCUT2D eigenvalue weighted by Crippen LogP contribution is -2.29. The summed E-state index contributed by atoms with van der Waals surface area (Å²) in [6, 6.07) is 0. The van der Waals surface area contributed by atoms with Crippen LogP contribution in [0.15, 0.2) is 4.13 Å². The molecule has 14 heavy (non-hydrogen) atoms. The molecule has 0 bridgehead atoms. The summed E-state index contributed by atoms with van der Waals surface area (Å²) in [5, 5.41) is 0. The van der Waals surface area contributed by atoms with Crippen LogP contribution in [-0.2, 0) is 30.8 Å². The summed E-state index contributed by atoms with van der Waals surface area (Å²) in [6.45, 7) is 0. The number of halogens is 3. The van der Waals surface area contributed by atoms with Gasteiger partial charge in [0.25, 0.3) is 0 Å². The Morgan fingerprint density at radius 3 is 2.14 bits per heavy atom. The van der Waals surface area contributed by atoms with Crippen molar-refractivity contribution in [3.05, 3.63) is 0 Å². The zero-order chi connectivity index (χ0) is 11.4. The molecule has 0 rings (SSSR count). The van der Waals surface area contributed by atoms with Crippen LogP contribution in [0.25, 0.3) is 0 Å². The molecule has 0 aromatic carbocycles. The summed E-state index contributed by atoms with van der Waals surface area (Å²) >= 11 is 20.5. The minimum atomic E-state index is -3.79. The zero-order valence-electron chi connectivity index (χ0n) is 7.15. The highest BCUT2D eigenvalue weighted by Crippen LogP contribution is 2.52. The highest BCUT2D eigenvalue weighted by molar-refractivity contribution is 7.62. The van der Waals surface area contributed by atoms with Gasteiger partial charge in [-0.2, -0.15) is 0 Å². The van der Waals surface area contributed by atoms with E-state index in [0.717, 1.165) is 7.11 Å². The Kier molecular flexibility index (Phi) is 6.34. The number of hydrogen-bond donors (Lipinski definition) is 0. The second kappa shape index (κ2) is 5.92. The Bertz CT molecular complexity index is 247. The van der Waals surface area contributed by atoms with Crippen LogP contribution >= 0.6 is 42.5 Å². The Balaban J connectivity index is 4.62. The maximum atomic E-state index is 11.4. The van der Waals surface area contributed by atoms with Gasteiger partial charge in [-0.1, -0.05) is 34.8 Å². The molecule has 0 saturated carbocycles. The normalized spacial score (nSPS) is 18.6. The van der Waals surface area contributed by atoms with E-state index >= 15 is 0 Å². The van der Waals surface area contributed by atoms with Crippen molar-refractivity contribution in [3.8, 4) is 0 Å². The van der Waals surface area contributed by atoms with Crippen LogP contribution in [0.5, 0.6) is 0 Å². The van der Waals surface area contributed by atoms with Crippen molar-refractivity contribution in [1.29, 1.82) is 0 Å². The average molecular weight is 303 g/mol. The molecule has 2 unspecified atom stereocenters. The first-order chi connectivity index (χ1) is 6.29. The Morgan fingerprint density at radius 1 is 1.43 bits per heavy atom. The fourth-order valence-electron chi connectivity index (χ4n) is 0.453. The molecule has 0 aromatic rings. The van der Waals surface area contributed by atoms with Gasteiger partial charge in [-0.3, -0.25) is 9.05 Å². The summed E-state index contributed by atoms with van der Waals surface area (Å²) in [6.07, 6.45) is -1.38. The van der Waals surface area contributed by atoms with Gasteiger partial charge in [0.1, 0.15) is 0 Å². The lowest BCUT2D eigenvalue weighted by molar-refractivity contribution is -0.0565. The summed E-state index contributed by atoms with van der Waals surface area (Å²) in [5.41, 5.74) is 0. The lowest BCUT2D eigenvalue weighted by atomic mass is 10.7. The van der Waals surface area contributed by atoms with E-state index in [2.05, 4.69) is 25.8 Å². The number of methoxy groups -OCH3 is 1. The van der Waals surface area contributed by atoms with Gasteiger partial charge in [-0.15, -0.1) is 4.13 Å².